The standard InChI is InChI=1S/C32H12BF24.C16H17OS/c34-25(35,36)13-1-14(26(37,38)39)6-21(5-13)33(22-7-15(27(40,41)42)2-16(8-22)28(43,44)45,23-9-17(29(46,47)48)3-18(10-23)30(49,50)51)24-11-19(31(52,53)54)4-20(12-24)32(55,56)57;1-2-18(15-11-7-4-8-12-15)13-16(17)14-9-5-3-6-10-14/h1-12H;3-12H,2,13H2,1H3/q-1;+1. The van der Waals surface area contributed by atoms with E-state index in [-0.39, 0.29) is 16.7 Å². The van der Waals surface area contributed by atoms with Crippen molar-refractivity contribution in [1.29, 1.82) is 0 Å². The minimum Gasteiger partial charge on any atom is -0.289 e. The van der Waals surface area contributed by atoms with E-state index in [4.69, 9.17) is 0 Å². The van der Waals surface area contributed by atoms with Gasteiger partial charge in [-0.25, -0.2) is 0 Å². The Balaban J connectivity index is 0.000000483. The second-order valence-electron chi connectivity index (χ2n) is 16.3. The molecule has 0 bridgehead atoms. The molecule has 1 nitrogen and oxygen atoms in total. The summed E-state index contributed by atoms with van der Waals surface area (Å²) in [6.07, 6.45) is -54.8. The summed E-state index contributed by atoms with van der Waals surface area (Å²) in [4.78, 5) is 13.5. The van der Waals surface area contributed by atoms with Gasteiger partial charge in [-0.05, 0) is 43.3 Å². The van der Waals surface area contributed by atoms with Crippen molar-refractivity contribution in [3.05, 3.63) is 184 Å². The third-order valence-electron chi connectivity index (χ3n) is 11.3. The molecular weight excluding hydrogens is 1090 g/mol. The van der Waals surface area contributed by atoms with Crippen molar-refractivity contribution < 1.29 is 110 Å². The van der Waals surface area contributed by atoms with E-state index in [0.29, 0.717) is 5.75 Å². The molecule has 0 N–H and O–H groups in total. The van der Waals surface area contributed by atoms with Gasteiger partial charge in [0.25, 0.3) is 0 Å². The summed E-state index contributed by atoms with van der Waals surface area (Å²) >= 11 is 0. The normalized spacial score (nSPS) is 13.8. The molecule has 75 heavy (non-hydrogen) atoms. The van der Waals surface area contributed by atoms with Gasteiger partial charge >= 0.3 is 49.4 Å². The van der Waals surface area contributed by atoms with E-state index >= 15 is 0 Å². The number of carbonyl (C=O) groups is 1. The number of benzene rings is 6. The summed E-state index contributed by atoms with van der Waals surface area (Å²) in [5, 5.41) is 0. The van der Waals surface area contributed by atoms with Crippen molar-refractivity contribution >= 4 is 44.7 Å². The number of alkyl halides is 24. The lowest BCUT2D eigenvalue weighted by Crippen LogP contribution is -2.75. The Morgan fingerprint density at radius 2 is 0.560 bits per heavy atom. The van der Waals surface area contributed by atoms with Gasteiger partial charge in [0.2, 0.25) is 5.78 Å². The smallest absolute Gasteiger partial charge is 0.289 e. The van der Waals surface area contributed by atoms with E-state index < -0.39 is 195 Å². The fourth-order valence-electron chi connectivity index (χ4n) is 7.90. The number of rotatable bonds is 9. The summed E-state index contributed by atoms with van der Waals surface area (Å²) in [7, 11) is 0.0251. The summed E-state index contributed by atoms with van der Waals surface area (Å²) in [6.45, 7) is 2.15. The van der Waals surface area contributed by atoms with Crippen molar-refractivity contribution in [3.63, 3.8) is 0 Å². The Kier molecular flexibility index (Phi) is 16.7. The van der Waals surface area contributed by atoms with E-state index in [1.165, 1.54) is 4.90 Å². The highest BCUT2D eigenvalue weighted by molar-refractivity contribution is 7.97. The molecule has 0 aliphatic rings. The molecule has 1 atom stereocenters. The second kappa shape index (κ2) is 21.0. The van der Waals surface area contributed by atoms with Crippen LogP contribution in [0, 0.1) is 0 Å². The predicted molar refractivity (Wildman–Crippen MR) is 228 cm³/mol. The third kappa shape index (κ3) is 14.2. The van der Waals surface area contributed by atoms with Crippen LogP contribution in [0.4, 0.5) is 105 Å². The predicted octanol–water partition coefficient (Wildman–Crippen LogP) is 14.8. The summed E-state index contributed by atoms with van der Waals surface area (Å²) < 4.78 is 341. The van der Waals surface area contributed by atoms with Gasteiger partial charge < -0.3 is 0 Å². The van der Waals surface area contributed by atoms with E-state index in [1.807, 2.05) is 48.5 Å². The fourth-order valence-corrected chi connectivity index (χ4v) is 9.63. The number of carbonyl (C=O) groups excluding carboxylic acids is 1. The highest BCUT2D eigenvalue weighted by atomic mass is 32.2. The van der Waals surface area contributed by atoms with Gasteiger partial charge in [-0.15, -0.1) is 0 Å². The van der Waals surface area contributed by atoms with Crippen LogP contribution >= 0.6 is 0 Å². The van der Waals surface area contributed by atoms with Gasteiger partial charge in [-0.3, -0.25) is 4.79 Å². The number of ketones is 1. The Bertz CT molecular complexity index is 2530. The van der Waals surface area contributed by atoms with Gasteiger partial charge in [-0.2, -0.15) is 127 Å². The monoisotopic (exact) mass is 1120 g/mol. The molecule has 0 amide bonds. The highest BCUT2D eigenvalue weighted by Gasteiger charge is 2.47. The Hall–Kier alpha value is -6.28. The summed E-state index contributed by atoms with van der Waals surface area (Å²) in [5.74, 6) is 1.87. The topological polar surface area (TPSA) is 17.1 Å². The van der Waals surface area contributed by atoms with Gasteiger partial charge in [0, 0.05) is 16.5 Å². The molecule has 0 aliphatic heterocycles. The second-order valence-corrected chi connectivity index (χ2v) is 18.6. The third-order valence-corrected chi connectivity index (χ3v) is 13.5. The van der Waals surface area contributed by atoms with Crippen LogP contribution in [-0.4, -0.2) is 23.4 Å². The summed E-state index contributed by atoms with van der Waals surface area (Å²) in [6, 6.07) is 11.1. The van der Waals surface area contributed by atoms with Crippen molar-refractivity contribution in [3.8, 4) is 0 Å². The van der Waals surface area contributed by atoms with E-state index in [1.54, 1.807) is 0 Å². The van der Waals surface area contributed by atoms with Crippen molar-refractivity contribution in [1.82, 2.24) is 0 Å². The maximum Gasteiger partial charge on any atom is 0.416 e. The molecule has 0 heterocycles. The number of hydrogen-bond donors (Lipinski definition) is 0. The van der Waals surface area contributed by atoms with Crippen molar-refractivity contribution in [2.45, 2.75) is 61.2 Å². The van der Waals surface area contributed by atoms with Gasteiger partial charge in [-0.1, -0.05) is 97.1 Å². The lowest BCUT2D eigenvalue weighted by atomic mass is 9.12. The van der Waals surface area contributed by atoms with Crippen molar-refractivity contribution in [2.24, 2.45) is 0 Å². The Morgan fingerprint density at radius 3 is 0.760 bits per heavy atom. The zero-order valence-corrected chi connectivity index (χ0v) is 37.9. The lowest BCUT2D eigenvalue weighted by molar-refractivity contribution is -0.144. The Labute approximate surface area is 410 Å². The van der Waals surface area contributed by atoms with Gasteiger partial charge in [0.05, 0.1) is 44.5 Å². The minimum absolute atomic E-state index is 0.0251. The lowest BCUT2D eigenvalue weighted by Gasteiger charge is -2.46. The molecule has 0 saturated carbocycles. The maximum absolute atomic E-state index is 14.2. The van der Waals surface area contributed by atoms with E-state index in [0.717, 1.165) is 11.3 Å². The first kappa shape index (κ1) is 59.6. The van der Waals surface area contributed by atoms with Crippen LogP contribution in [0.3, 0.4) is 0 Å². The molecule has 6 aromatic carbocycles. The fraction of sp³-hybridized carbons (Fsp3) is 0.229. The van der Waals surface area contributed by atoms with Gasteiger partial charge in [0.1, 0.15) is 11.9 Å². The van der Waals surface area contributed by atoms with Crippen molar-refractivity contribution in [2.75, 3.05) is 11.5 Å². The van der Waals surface area contributed by atoms with Crippen LogP contribution in [0.25, 0.3) is 0 Å². The number of Topliss-reactive ketones (excluding diaryl/α,β-unsaturated/α-hetero) is 1. The molecule has 6 aromatic rings. The SMILES string of the molecule is CC[S+](CC(=O)c1ccccc1)c1ccccc1.FC(F)(F)c1cc([B-](c2cc(C(F)(F)F)cc(C(F)(F)F)c2)(c2cc(C(F)(F)F)cc(C(F)(F)F)c2)c2cc(C(F)(F)F)cc(C(F)(F)F)c2)cc(C(F)(F)F)c1. The highest BCUT2D eigenvalue weighted by Crippen LogP contribution is 2.41. The van der Waals surface area contributed by atoms with Crippen LogP contribution < -0.4 is 21.9 Å². The zero-order chi connectivity index (χ0) is 56.7. The molecule has 0 fully saturated rings. The van der Waals surface area contributed by atoms with Crippen LogP contribution in [0.1, 0.15) is 61.8 Å². The quantitative estimate of drug-likeness (QED) is 0.0610. The number of hydrogen-bond acceptors (Lipinski definition) is 1. The average Bonchev–Trinajstić information content (AvgIpc) is 3.29. The number of halogens is 24. The van der Waals surface area contributed by atoms with Crippen LogP contribution in [0.5, 0.6) is 0 Å². The van der Waals surface area contributed by atoms with Crippen LogP contribution in [-0.2, 0) is 60.3 Å². The first-order chi connectivity index (χ1) is 34.1. The molecule has 6 rings (SSSR count). The molecule has 0 spiro atoms. The molecule has 0 aromatic heterocycles. The zero-order valence-electron chi connectivity index (χ0n) is 37.1. The molecular formula is C48H29BF24OS. The van der Waals surface area contributed by atoms with E-state index in [9.17, 15) is 110 Å². The maximum atomic E-state index is 14.2. The molecule has 0 saturated heterocycles. The molecule has 0 radical (unpaired) electrons. The Morgan fingerprint density at radius 1 is 0.347 bits per heavy atom. The molecule has 404 valence electrons. The van der Waals surface area contributed by atoms with Crippen LogP contribution in [0.2, 0.25) is 0 Å². The van der Waals surface area contributed by atoms with E-state index in [2.05, 4.69) is 19.1 Å². The average molecular weight is 1120 g/mol. The first-order valence-electron chi connectivity index (χ1n) is 20.7. The largest absolute Gasteiger partial charge is 0.416 e. The molecule has 1 unspecified atom stereocenters. The molecule has 0 aliphatic carbocycles. The van der Waals surface area contributed by atoms with Crippen LogP contribution in [0.15, 0.2) is 138 Å². The van der Waals surface area contributed by atoms with Gasteiger partial charge in [0.15, 0.2) is 10.6 Å². The molecule has 27 heteroatoms. The first-order valence-corrected chi connectivity index (χ1v) is 22.3. The minimum atomic E-state index is -6.13. The summed E-state index contributed by atoms with van der Waals surface area (Å²) in [5.41, 5.74) is -29.4.